The van der Waals surface area contributed by atoms with E-state index in [4.69, 9.17) is 13.7 Å². The fraction of sp³-hybridized carbons (Fsp3) is 0.538. The van der Waals surface area contributed by atoms with Crippen LogP contribution in [-0.4, -0.2) is 26.2 Å². The number of carbonyl (C=O) groups excluding carboxylic acids is 2. The van der Waals surface area contributed by atoms with Gasteiger partial charge < -0.3 is 13.7 Å². The minimum absolute atomic E-state index is 0.203. The lowest BCUT2D eigenvalue weighted by molar-refractivity contribution is -0.154. The number of allylic oxidation sites excluding steroid dienone is 2. The van der Waals surface area contributed by atoms with Gasteiger partial charge >= 0.3 is 11.9 Å². The molecule has 5 nitrogen and oxygen atoms in total. The number of rotatable bonds is 5. The highest BCUT2D eigenvalue weighted by atomic mass is 32.1. The highest BCUT2D eigenvalue weighted by Crippen LogP contribution is 2.44. The lowest BCUT2D eigenvalue weighted by atomic mass is 9.71. The van der Waals surface area contributed by atoms with E-state index in [1.807, 2.05) is 0 Å². The van der Waals surface area contributed by atoms with Crippen LogP contribution in [0.4, 0.5) is 0 Å². The van der Waals surface area contributed by atoms with E-state index >= 15 is 0 Å². The van der Waals surface area contributed by atoms with Crippen molar-refractivity contribution in [2.24, 2.45) is 5.41 Å². The summed E-state index contributed by atoms with van der Waals surface area (Å²) in [5.74, 6) is -0.424. The fourth-order valence-corrected chi connectivity index (χ4v) is 2.57. The molecule has 0 amide bonds. The van der Waals surface area contributed by atoms with Crippen molar-refractivity contribution in [3.05, 3.63) is 24.0 Å². The number of methoxy groups -OCH3 is 2. The highest BCUT2D eigenvalue weighted by molar-refractivity contribution is 7.75. The molecule has 1 unspecified atom stereocenters. The van der Waals surface area contributed by atoms with Crippen molar-refractivity contribution in [3.8, 4) is 0 Å². The molecule has 0 bridgehead atoms. The second kappa shape index (κ2) is 6.65. The second-order valence-corrected chi connectivity index (χ2v) is 4.61. The number of thiol groups is 1. The lowest BCUT2D eigenvalue weighted by Crippen LogP contribution is -2.36. The van der Waals surface area contributed by atoms with Crippen molar-refractivity contribution in [2.75, 3.05) is 14.2 Å². The molecule has 0 heterocycles. The van der Waals surface area contributed by atoms with Crippen LogP contribution in [0.3, 0.4) is 0 Å². The molecule has 0 saturated heterocycles. The molecule has 0 aromatic heterocycles. The van der Waals surface area contributed by atoms with Crippen LogP contribution in [0.15, 0.2) is 24.0 Å². The summed E-state index contributed by atoms with van der Waals surface area (Å²) in [6.45, 7) is 3.66. The molecule has 1 rings (SSSR count). The van der Waals surface area contributed by atoms with Gasteiger partial charge in [0, 0.05) is 19.3 Å². The zero-order valence-electron chi connectivity index (χ0n) is 11.1. The summed E-state index contributed by atoms with van der Waals surface area (Å²) in [4.78, 5) is 23.8. The molecule has 1 aliphatic carbocycles. The molecule has 0 N–H and O–H groups in total. The molecule has 0 saturated carbocycles. The SMILES string of the molecule is C=CCC1(C(=O)OC)CCC(OS)=C(C(=O)OC)C1. The van der Waals surface area contributed by atoms with E-state index in [0.29, 0.717) is 30.6 Å². The van der Waals surface area contributed by atoms with E-state index in [-0.39, 0.29) is 12.4 Å². The van der Waals surface area contributed by atoms with Gasteiger partial charge in [-0.25, -0.2) is 4.79 Å². The molecule has 0 aliphatic heterocycles. The number of hydrogen-bond donors (Lipinski definition) is 1. The summed E-state index contributed by atoms with van der Waals surface area (Å²) < 4.78 is 14.5. The van der Waals surface area contributed by atoms with Gasteiger partial charge in [-0.1, -0.05) is 6.08 Å². The van der Waals surface area contributed by atoms with Crippen LogP contribution in [0.25, 0.3) is 0 Å². The van der Waals surface area contributed by atoms with Crippen LogP contribution < -0.4 is 0 Å². The van der Waals surface area contributed by atoms with Gasteiger partial charge in [0.25, 0.3) is 0 Å². The van der Waals surface area contributed by atoms with Crippen LogP contribution in [0.5, 0.6) is 0 Å². The highest BCUT2D eigenvalue weighted by Gasteiger charge is 2.44. The molecular formula is C13H18O5S. The average Bonchev–Trinajstić information content (AvgIpc) is 2.45. The quantitative estimate of drug-likeness (QED) is 0.363. The van der Waals surface area contributed by atoms with Crippen molar-refractivity contribution in [1.29, 1.82) is 0 Å². The monoisotopic (exact) mass is 286 g/mol. The van der Waals surface area contributed by atoms with Gasteiger partial charge in [-0.2, -0.15) is 0 Å². The minimum Gasteiger partial charge on any atom is -0.469 e. The van der Waals surface area contributed by atoms with Crippen molar-refractivity contribution in [3.63, 3.8) is 0 Å². The third-order valence-corrected chi connectivity index (χ3v) is 3.60. The van der Waals surface area contributed by atoms with Crippen LogP contribution in [-0.2, 0) is 23.2 Å². The molecule has 0 aromatic rings. The Kier molecular flexibility index (Phi) is 5.47. The van der Waals surface area contributed by atoms with Crippen molar-refractivity contribution in [2.45, 2.75) is 25.7 Å². The predicted molar refractivity (Wildman–Crippen MR) is 72.2 cm³/mol. The standard InChI is InChI=1S/C13H18O5S/c1-4-6-13(12(15)17-3)7-5-10(18-19)9(8-13)11(14)16-2/h4,19H,1,5-8H2,2-3H3. The zero-order chi connectivity index (χ0) is 14.5. The number of carbonyl (C=O) groups is 2. The maximum atomic E-state index is 12.0. The van der Waals surface area contributed by atoms with Gasteiger partial charge in [-0.3, -0.25) is 4.79 Å². The lowest BCUT2D eigenvalue weighted by Gasteiger charge is -2.34. The molecule has 1 atom stereocenters. The van der Waals surface area contributed by atoms with E-state index in [1.165, 1.54) is 14.2 Å². The van der Waals surface area contributed by atoms with Gasteiger partial charge in [0.15, 0.2) is 0 Å². The van der Waals surface area contributed by atoms with Crippen LogP contribution in [0, 0.1) is 5.41 Å². The Morgan fingerprint density at radius 3 is 2.58 bits per heavy atom. The summed E-state index contributed by atoms with van der Waals surface area (Å²) in [6, 6.07) is 0. The van der Waals surface area contributed by atoms with E-state index in [0.717, 1.165) is 0 Å². The molecule has 1 aliphatic rings. The second-order valence-electron chi connectivity index (χ2n) is 4.43. The summed E-state index contributed by atoms with van der Waals surface area (Å²) in [5.41, 5.74) is -0.452. The largest absolute Gasteiger partial charge is 0.469 e. The Hall–Kier alpha value is -1.43. The van der Waals surface area contributed by atoms with Gasteiger partial charge in [-0.15, -0.1) is 6.58 Å². The van der Waals surface area contributed by atoms with E-state index in [1.54, 1.807) is 6.08 Å². The smallest absolute Gasteiger partial charge is 0.337 e. The normalized spacial score (nSPS) is 22.7. The molecular weight excluding hydrogens is 268 g/mol. The molecule has 106 valence electrons. The minimum atomic E-state index is -0.782. The molecule has 6 heteroatoms. The van der Waals surface area contributed by atoms with Gasteiger partial charge in [-0.05, 0) is 19.3 Å². The maximum Gasteiger partial charge on any atom is 0.337 e. The zero-order valence-corrected chi connectivity index (χ0v) is 12.0. The van der Waals surface area contributed by atoms with Gasteiger partial charge in [0.05, 0.1) is 25.2 Å². The predicted octanol–water partition coefficient (Wildman–Crippen LogP) is 2.19. The van der Waals surface area contributed by atoms with Crippen molar-refractivity contribution in [1.82, 2.24) is 0 Å². The number of hydrogen-bond acceptors (Lipinski definition) is 6. The first-order valence-corrected chi connectivity index (χ1v) is 6.22. The third-order valence-electron chi connectivity index (χ3n) is 3.38. The van der Waals surface area contributed by atoms with Crippen molar-refractivity contribution >= 4 is 24.8 Å². The van der Waals surface area contributed by atoms with Crippen LogP contribution in [0.1, 0.15) is 25.7 Å². The first-order valence-electron chi connectivity index (χ1n) is 5.85. The first kappa shape index (κ1) is 15.6. The van der Waals surface area contributed by atoms with Gasteiger partial charge in [0.1, 0.15) is 5.76 Å². The topological polar surface area (TPSA) is 61.8 Å². The van der Waals surface area contributed by atoms with E-state index in [2.05, 4.69) is 19.5 Å². The van der Waals surface area contributed by atoms with E-state index < -0.39 is 11.4 Å². The fourth-order valence-electron chi connectivity index (χ4n) is 2.36. The Morgan fingerprint density at radius 2 is 2.11 bits per heavy atom. The number of ether oxygens (including phenoxy) is 2. The molecule has 19 heavy (non-hydrogen) atoms. The Balaban J connectivity index is 3.15. The Morgan fingerprint density at radius 1 is 1.42 bits per heavy atom. The third kappa shape index (κ3) is 3.12. The molecule has 0 fully saturated rings. The van der Waals surface area contributed by atoms with Crippen molar-refractivity contribution < 1.29 is 23.2 Å². The molecule has 0 radical (unpaired) electrons. The molecule has 0 spiro atoms. The summed E-state index contributed by atoms with van der Waals surface area (Å²) in [7, 11) is 2.62. The molecule has 0 aromatic carbocycles. The average molecular weight is 286 g/mol. The van der Waals surface area contributed by atoms with Gasteiger partial charge in [0.2, 0.25) is 0 Å². The summed E-state index contributed by atoms with van der Waals surface area (Å²) in [5, 5.41) is 0. The first-order chi connectivity index (χ1) is 9.04. The summed E-state index contributed by atoms with van der Waals surface area (Å²) in [6.07, 6.45) is 3.23. The number of esters is 2. The Bertz CT molecular complexity index is 415. The van der Waals surface area contributed by atoms with E-state index in [9.17, 15) is 9.59 Å². The van der Waals surface area contributed by atoms with Crippen LogP contribution in [0.2, 0.25) is 0 Å². The van der Waals surface area contributed by atoms with Crippen LogP contribution >= 0.6 is 12.9 Å². The Labute approximate surface area is 118 Å². The summed E-state index contributed by atoms with van der Waals surface area (Å²) >= 11 is 3.74. The maximum absolute atomic E-state index is 12.0.